The zero-order chi connectivity index (χ0) is 46.8. The second kappa shape index (κ2) is 23.9. The van der Waals surface area contributed by atoms with Crippen LogP contribution in [0.3, 0.4) is 0 Å². The first kappa shape index (κ1) is 47.9. The molecule has 2 aliphatic rings. The molecule has 0 saturated heterocycles. The van der Waals surface area contributed by atoms with E-state index in [2.05, 4.69) is 45.1 Å². The third kappa shape index (κ3) is 12.8. The number of anilines is 2. The van der Waals surface area contributed by atoms with Crippen LogP contribution < -0.4 is 31.9 Å². The Bertz CT molecular complexity index is 2290. The minimum absolute atomic E-state index is 0.0103. The second-order valence-corrected chi connectivity index (χ2v) is 16.1. The molecule has 15 heteroatoms. The maximum Gasteiger partial charge on any atom is 0.338 e. The van der Waals surface area contributed by atoms with Gasteiger partial charge in [0.15, 0.2) is 5.78 Å². The Kier molecular flexibility index (Phi) is 17.4. The van der Waals surface area contributed by atoms with Crippen molar-refractivity contribution in [3.63, 3.8) is 0 Å². The van der Waals surface area contributed by atoms with Crippen LogP contribution in [0, 0.1) is 0 Å². The summed E-state index contributed by atoms with van der Waals surface area (Å²) in [5, 5.41) is 16.1. The second-order valence-electron chi connectivity index (χ2n) is 16.1. The molecule has 2 fully saturated rings. The summed E-state index contributed by atoms with van der Waals surface area (Å²) in [6.07, 6.45) is 12.2. The number of hydrogen-bond acceptors (Lipinski definition) is 9. The van der Waals surface area contributed by atoms with E-state index >= 15 is 4.79 Å². The highest BCUT2D eigenvalue weighted by Crippen LogP contribution is 2.38. The van der Waals surface area contributed by atoms with Crippen LogP contribution in [-0.4, -0.2) is 68.1 Å². The van der Waals surface area contributed by atoms with Gasteiger partial charge in [-0.15, -0.1) is 0 Å². The molecule has 0 atom stereocenters. The van der Waals surface area contributed by atoms with Gasteiger partial charge in [-0.2, -0.15) is 0 Å². The van der Waals surface area contributed by atoms with E-state index in [-0.39, 0.29) is 71.8 Å². The Morgan fingerprint density at radius 3 is 1.30 bits per heavy atom. The van der Waals surface area contributed by atoms with Crippen molar-refractivity contribution in [2.24, 2.45) is 0 Å². The predicted molar refractivity (Wildman–Crippen MR) is 251 cm³/mol. The zero-order valence-corrected chi connectivity index (χ0v) is 36.9. The number of carbonyl (C=O) groups is 7. The van der Waals surface area contributed by atoms with Crippen LogP contribution in [0.2, 0.25) is 0 Å². The summed E-state index contributed by atoms with van der Waals surface area (Å²) in [5.41, 5.74) is 3.11. The number of amides is 6. The van der Waals surface area contributed by atoms with E-state index in [9.17, 15) is 28.8 Å². The summed E-state index contributed by atoms with van der Waals surface area (Å²) >= 11 is 0. The van der Waals surface area contributed by atoms with Gasteiger partial charge in [-0.05, 0) is 85.0 Å². The van der Waals surface area contributed by atoms with Crippen molar-refractivity contribution in [3.05, 3.63) is 155 Å². The number of ether oxygens (including phenoxy) is 2. The average molecular weight is 897 g/mol. The molecule has 4 aromatic carbocycles. The molecule has 0 unspecified atom stereocenters. The molecular weight excluding hydrogens is 841 g/mol. The lowest BCUT2D eigenvalue weighted by molar-refractivity contribution is 0.0540. The number of nitrogens with one attached hydrogen (secondary N) is 6. The molecule has 0 heterocycles. The molecule has 0 aliphatic heterocycles. The molecule has 66 heavy (non-hydrogen) atoms. The van der Waals surface area contributed by atoms with Crippen molar-refractivity contribution in [1.29, 1.82) is 0 Å². The molecule has 15 nitrogen and oxygen atoms in total. The molecule has 2 saturated carbocycles. The Labute approximate surface area is 384 Å². The molecule has 6 amide bonds. The molecule has 2 aliphatic carbocycles. The third-order valence-corrected chi connectivity index (χ3v) is 11.6. The van der Waals surface area contributed by atoms with Crippen LogP contribution >= 0.6 is 0 Å². The lowest BCUT2D eigenvalue weighted by Crippen LogP contribution is -2.40. The van der Waals surface area contributed by atoms with Crippen molar-refractivity contribution < 1.29 is 43.0 Å². The number of hydrogen-bond donors (Lipinski definition) is 6. The van der Waals surface area contributed by atoms with Gasteiger partial charge in [0.25, 0.3) is 11.8 Å². The highest BCUT2D eigenvalue weighted by atomic mass is 16.5. The number of ketones is 1. The van der Waals surface area contributed by atoms with Crippen LogP contribution in [0.5, 0.6) is 0 Å². The Morgan fingerprint density at radius 2 is 0.909 bits per heavy atom. The van der Waals surface area contributed by atoms with Crippen LogP contribution in [0.25, 0.3) is 0 Å². The quantitative estimate of drug-likeness (QED) is 0.0244. The molecule has 6 N–H and O–H groups in total. The standard InChI is InChI=1S/C51H56N6O9/c1-3-27-65-48(61)35-19-11-21-37(29-35)56-50(63)54-31-52-46(59)43-39(33-15-7-5-8-16-33)23-13-25-41(43)45(58)42-26-14-24-40(34-17-9-6-10-18-34)44(42)47(60)53-32-55-51(64)57-38-22-12-20-36(30-38)49(62)66-28-4-2/h3-4,11-14,19-26,29-30,33-34H,1-2,5-10,15-18,27-28,31-32H2,(H,52,59)(H,53,60)(H2,54,56,63)(H2,55,57,64). The van der Waals surface area contributed by atoms with Gasteiger partial charge in [-0.1, -0.05) is 112 Å². The fourth-order valence-corrected chi connectivity index (χ4v) is 8.50. The number of urea groups is 2. The highest BCUT2D eigenvalue weighted by molar-refractivity contribution is 6.20. The monoisotopic (exact) mass is 896 g/mol. The molecule has 4 aromatic rings. The van der Waals surface area contributed by atoms with E-state index in [1.165, 1.54) is 24.3 Å². The van der Waals surface area contributed by atoms with Crippen LogP contribution in [-0.2, 0) is 9.47 Å². The highest BCUT2D eigenvalue weighted by Gasteiger charge is 2.31. The van der Waals surface area contributed by atoms with Gasteiger partial charge in [0.2, 0.25) is 0 Å². The van der Waals surface area contributed by atoms with Gasteiger partial charge in [-0.3, -0.25) is 14.4 Å². The fourth-order valence-electron chi connectivity index (χ4n) is 8.50. The first-order valence-electron chi connectivity index (χ1n) is 22.3. The summed E-state index contributed by atoms with van der Waals surface area (Å²) < 4.78 is 10.2. The van der Waals surface area contributed by atoms with Crippen molar-refractivity contribution in [2.75, 3.05) is 37.2 Å². The molecule has 344 valence electrons. The van der Waals surface area contributed by atoms with Crippen molar-refractivity contribution in [3.8, 4) is 0 Å². The van der Waals surface area contributed by atoms with Crippen molar-refractivity contribution >= 4 is 53.0 Å². The van der Waals surface area contributed by atoms with Crippen LogP contribution in [0.4, 0.5) is 21.0 Å². The van der Waals surface area contributed by atoms with Gasteiger partial charge in [0, 0.05) is 22.5 Å². The van der Waals surface area contributed by atoms with E-state index in [0.29, 0.717) is 22.5 Å². The minimum atomic E-state index is -0.651. The number of rotatable bonds is 18. The SMILES string of the molecule is C=CCOC(=O)c1cccc(NC(=O)NCNC(=O)c2c(C(=O)c3cccc(C4CCCCC4)c3C(=O)NCNC(=O)Nc3cccc(C(=O)OCC=C)c3)cccc2C2CCCCC2)c1. The van der Waals surface area contributed by atoms with Gasteiger partial charge >= 0.3 is 24.0 Å². The summed E-state index contributed by atoms with van der Waals surface area (Å²) in [6, 6.07) is 21.5. The molecule has 0 spiro atoms. The third-order valence-electron chi connectivity index (χ3n) is 11.6. The minimum Gasteiger partial charge on any atom is -0.458 e. The maximum absolute atomic E-state index is 15.0. The number of carbonyl (C=O) groups excluding carboxylic acids is 7. The predicted octanol–water partition coefficient (Wildman–Crippen LogP) is 8.72. The Hall–Kier alpha value is -7.55. The topological polar surface area (TPSA) is 210 Å². The van der Waals surface area contributed by atoms with Gasteiger partial charge in [0.1, 0.15) is 13.2 Å². The fraction of sp³-hybridized carbons (Fsp3) is 0.314. The largest absolute Gasteiger partial charge is 0.458 e. The maximum atomic E-state index is 15.0. The van der Waals surface area contributed by atoms with Crippen molar-refractivity contribution in [1.82, 2.24) is 21.3 Å². The van der Waals surface area contributed by atoms with E-state index in [1.807, 2.05) is 12.1 Å². The smallest absolute Gasteiger partial charge is 0.338 e. The lowest BCUT2D eigenvalue weighted by atomic mass is 9.78. The summed E-state index contributed by atoms with van der Waals surface area (Å²) in [4.78, 5) is 94.2. The lowest BCUT2D eigenvalue weighted by Gasteiger charge is -2.26. The normalized spacial score (nSPS) is 13.8. The van der Waals surface area contributed by atoms with Crippen LogP contribution in [0.1, 0.15) is 145 Å². The summed E-state index contributed by atoms with van der Waals surface area (Å²) in [5.74, 6) is -2.80. The number of esters is 2. The molecular formula is C51H56N6O9. The molecule has 0 aromatic heterocycles. The van der Waals surface area contributed by atoms with Gasteiger partial charge in [0.05, 0.1) is 35.6 Å². The first-order valence-corrected chi connectivity index (χ1v) is 22.3. The molecule has 0 bridgehead atoms. The zero-order valence-electron chi connectivity index (χ0n) is 36.9. The Balaban J connectivity index is 1.21. The molecule has 6 rings (SSSR count). The van der Waals surface area contributed by atoms with Crippen LogP contribution in [0.15, 0.2) is 110 Å². The van der Waals surface area contributed by atoms with E-state index in [1.54, 1.807) is 60.7 Å². The average Bonchev–Trinajstić information content (AvgIpc) is 3.34. The number of benzene rings is 4. The van der Waals surface area contributed by atoms with Gasteiger partial charge in [-0.25, -0.2) is 19.2 Å². The van der Waals surface area contributed by atoms with E-state index in [0.717, 1.165) is 64.2 Å². The summed E-state index contributed by atoms with van der Waals surface area (Å²) in [7, 11) is 0. The van der Waals surface area contributed by atoms with E-state index < -0.39 is 41.6 Å². The van der Waals surface area contributed by atoms with E-state index in [4.69, 9.17) is 9.47 Å². The van der Waals surface area contributed by atoms with Gasteiger partial charge < -0.3 is 41.4 Å². The van der Waals surface area contributed by atoms with Crippen molar-refractivity contribution in [2.45, 2.75) is 76.0 Å². The summed E-state index contributed by atoms with van der Waals surface area (Å²) in [6.45, 7) is 6.55. The Morgan fingerprint density at radius 1 is 0.515 bits per heavy atom. The molecule has 0 radical (unpaired) electrons. The first-order chi connectivity index (χ1) is 32.1.